The SMILES string of the molecule is CCCCCCCNc1nc2sc(C(=O)O)c(C)c2c(=O)o1. The molecule has 0 amide bonds. The molecule has 0 aliphatic rings. The highest BCUT2D eigenvalue weighted by molar-refractivity contribution is 7.20. The van der Waals surface area contributed by atoms with Gasteiger partial charge in [0.1, 0.15) is 15.1 Å². The first kappa shape index (κ1) is 16.5. The molecular weight excluding hydrogens is 304 g/mol. The van der Waals surface area contributed by atoms with Crippen LogP contribution in [0.4, 0.5) is 6.01 Å². The lowest BCUT2D eigenvalue weighted by molar-refractivity contribution is 0.0701. The van der Waals surface area contributed by atoms with Gasteiger partial charge < -0.3 is 14.8 Å². The summed E-state index contributed by atoms with van der Waals surface area (Å²) in [4.78, 5) is 27.9. The van der Waals surface area contributed by atoms with Gasteiger partial charge in [-0.2, -0.15) is 4.98 Å². The average molecular weight is 324 g/mol. The minimum Gasteiger partial charge on any atom is -0.477 e. The van der Waals surface area contributed by atoms with Crippen LogP contribution in [-0.4, -0.2) is 22.6 Å². The van der Waals surface area contributed by atoms with E-state index in [-0.39, 0.29) is 16.3 Å². The molecule has 2 N–H and O–H groups in total. The molecule has 0 aliphatic carbocycles. The number of carbonyl (C=O) groups is 1. The van der Waals surface area contributed by atoms with Crippen molar-refractivity contribution in [2.24, 2.45) is 0 Å². The quantitative estimate of drug-likeness (QED) is 0.720. The molecular formula is C15H20N2O4S. The second-order valence-electron chi connectivity index (χ2n) is 5.19. The number of carboxylic acid groups (broad SMARTS) is 1. The van der Waals surface area contributed by atoms with Gasteiger partial charge in [0.25, 0.3) is 6.01 Å². The lowest BCUT2D eigenvalue weighted by Gasteiger charge is -2.03. The predicted octanol–water partition coefficient (Wildman–Crippen LogP) is 3.64. The second-order valence-corrected chi connectivity index (χ2v) is 6.19. The molecule has 0 bridgehead atoms. The lowest BCUT2D eigenvalue weighted by Crippen LogP contribution is -2.08. The number of hydrogen-bond donors (Lipinski definition) is 2. The summed E-state index contributed by atoms with van der Waals surface area (Å²) in [7, 11) is 0. The summed E-state index contributed by atoms with van der Waals surface area (Å²) in [6, 6.07) is 0.159. The van der Waals surface area contributed by atoms with Gasteiger partial charge in [-0.05, 0) is 18.9 Å². The molecule has 7 heteroatoms. The molecule has 0 aliphatic heterocycles. The van der Waals surface area contributed by atoms with Crippen molar-refractivity contribution in [2.45, 2.75) is 46.0 Å². The van der Waals surface area contributed by atoms with Gasteiger partial charge >= 0.3 is 11.6 Å². The highest BCUT2D eigenvalue weighted by Crippen LogP contribution is 2.27. The Morgan fingerprint density at radius 2 is 2.05 bits per heavy atom. The van der Waals surface area contributed by atoms with Gasteiger partial charge in [-0.3, -0.25) is 0 Å². The largest absolute Gasteiger partial charge is 0.477 e. The first-order chi connectivity index (χ1) is 10.5. The van der Waals surface area contributed by atoms with Crippen molar-refractivity contribution in [3.63, 3.8) is 0 Å². The Labute approximate surface area is 132 Å². The number of fused-ring (bicyclic) bond motifs is 1. The van der Waals surface area contributed by atoms with Crippen LogP contribution in [0.25, 0.3) is 10.2 Å². The Morgan fingerprint density at radius 3 is 2.73 bits per heavy atom. The molecule has 2 rings (SSSR count). The first-order valence-corrected chi connectivity index (χ1v) is 8.27. The number of nitrogens with zero attached hydrogens (tertiary/aromatic N) is 1. The van der Waals surface area contributed by atoms with Crippen molar-refractivity contribution in [2.75, 3.05) is 11.9 Å². The van der Waals surface area contributed by atoms with E-state index in [2.05, 4.69) is 17.2 Å². The molecule has 0 fully saturated rings. The van der Waals surface area contributed by atoms with Crippen molar-refractivity contribution in [3.8, 4) is 0 Å². The zero-order valence-corrected chi connectivity index (χ0v) is 13.6. The number of anilines is 1. The maximum absolute atomic E-state index is 12.0. The Kier molecular flexibility index (Phi) is 5.54. The molecule has 2 heterocycles. The minimum atomic E-state index is -1.05. The van der Waals surface area contributed by atoms with Crippen LogP contribution in [0.5, 0.6) is 0 Å². The number of nitrogens with one attached hydrogen (secondary N) is 1. The summed E-state index contributed by atoms with van der Waals surface area (Å²) in [5, 5.41) is 12.4. The fraction of sp³-hybridized carbons (Fsp3) is 0.533. The Bertz CT molecular complexity index is 720. The molecule has 0 unspecified atom stereocenters. The highest BCUT2D eigenvalue weighted by Gasteiger charge is 2.19. The molecule has 120 valence electrons. The third-order valence-electron chi connectivity index (χ3n) is 3.48. The highest BCUT2D eigenvalue weighted by atomic mass is 32.1. The van der Waals surface area contributed by atoms with Gasteiger partial charge in [-0.15, -0.1) is 11.3 Å². The van der Waals surface area contributed by atoms with Gasteiger partial charge in [-0.25, -0.2) is 9.59 Å². The number of aromatic nitrogens is 1. The minimum absolute atomic E-state index is 0.131. The van der Waals surface area contributed by atoms with Crippen LogP contribution in [0, 0.1) is 6.92 Å². The molecule has 0 saturated heterocycles. The number of rotatable bonds is 8. The number of unbranched alkanes of at least 4 members (excludes halogenated alkanes) is 4. The van der Waals surface area contributed by atoms with Crippen LogP contribution in [0.3, 0.4) is 0 Å². The third kappa shape index (κ3) is 3.65. The molecule has 22 heavy (non-hydrogen) atoms. The second kappa shape index (κ2) is 7.40. The number of aryl methyl sites for hydroxylation is 1. The zero-order chi connectivity index (χ0) is 16.1. The molecule has 0 aromatic carbocycles. The number of aromatic carboxylic acids is 1. The summed E-state index contributed by atoms with van der Waals surface area (Å²) >= 11 is 1.000. The topological polar surface area (TPSA) is 92.4 Å². The Morgan fingerprint density at radius 1 is 1.32 bits per heavy atom. The van der Waals surface area contributed by atoms with Gasteiger partial charge in [-0.1, -0.05) is 32.6 Å². The van der Waals surface area contributed by atoms with Crippen LogP contribution < -0.4 is 10.9 Å². The first-order valence-electron chi connectivity index (χ1n) is 7.46. The molecule has 2 aromatic heterocycles. The van der Waals surface area contributed by atoms with Crippen molar-refractivity contribution in [3.05, 3.63) is 20.9 Å². The van der Waals surface area contributed by atoms with Gasteiger partial charge in [0.05, 0.1) is 0 Å². The van der Waals surface area contributed by atoms with E-state index in [1.165, 1.54) is 19.3 Å². The zero-order valence-electron chi connectivity index (χ0n) is 12.8. The maximum Gasteiger partial charge on any atom is 0.349 e. The third-order valence-corrected chi connectivity index (χ3v) is 4.65. The fourth-order valence-electron chi connectivity index (χ4n) is 2.27. The molecule has 2 aromatic rings. The van der Waals surface area contributed by atoms with Crippen LogP contribution in [0.1, 0.15) is 54.3 Å². The molecule has 0 saturated carbocycles. The maximum atomic E-state index is 12.0. The van der Waals surface area contributed by atoms with E-state index < -0.39 is 11.6 Å². The van der Waals surface area contributed by atoms with E-state index in [9.17, 15) is 9.59 Å². The molecule has 0 radical (unpaired) electrons. The molecule has 0 spiro atoms. The molecule has 6 nitrogen and oxygen atoms in total. The Hall–Kier alpha value is -1.89. The lowest BCUT2D eigenvalue weighted by atomic mass is 10.1. The average Bonchev–Trinajstić information content (AvgIpc) is 2.80. The van der Waals surface area contributed by atoms with Crippen molar-refractivity contribution < 1.29 is 14.3 Å². The summed E-state index contributed by atoms with van der Waals surface area (Å²) in [6.07, 6.45) is 5.72. The number of hydrogen-bond acceptors (Lipinski definition) is 6. The number of thiophene rings is 1. The normalized spacial score (nSPS) is 11.0. The predicted molar refractivity (Wildman–Crippen MR) is 87.1 cm³/mol. The standard InChI is InChI=1S/C15H20N2O4S/c1-3-4-5-6-7-8-16-15-17-12-10(14(20)21-15)9(2)11(22-12)13(18)19/h3-8H2,1-2H3,(H,16,17)(H,18,19). The van der Waals surface area contributed by atoms with Crippen molar-refractivity contribution in [1.29, 1.82) is 0 Å². The van der Waals surface area contributed by atoms with E-state index in [4.69, 9.17) is 9.52 Å². The smallest absolute Gasteiger partial charge is 0.349 e. The summed E-state index contributed by atoms with van der Waals surface area (Å²) in [5.74, 6) is -1.05. The van der Waals surface area contributed by atoms with Crippen LogP contribution >= 0.6 is 11.3 Å². The van der Waals surface area contributed by atoms with Crippen molar-refractivity contribution in [1.82, 2.24) is 4.98 Å². The monoisotopic (exact) mass is 324 g/mol. The summed E-state index contributed by atoms with van der Waals surface area (Å²) in [5.41, 5.74) is -0.125. The Balaban J connectivity index is 2.10. The summed E-state index contributed by atoms with van der Waals surface area (Å²) < 4.78 is 5.13. The van der Waals surface area contributed by atoms with E-state index in [1.54, 1.807) is 6.92 Å². The van der Waals surface area contributed by atoms with Gasteiger partial charge in [0, 0.05) is 6.54 Å². The van der Waals surface area contributed by atoms with Crippen molar-refractivity contribution >= 4 is 33.5 Å². The van der Waals surface area contributed by atoms with E-state index in [0.717, 1.165) is 24.2 Å². The fourth-order valence-corrected chi connectivity index (χ4v) is 3.28. The van der Waals surface area contributed by atoms with E-state index in [1.807, 2.05) is 0 Å². The number of carboxylic acids is 1. The summed E-state index contributed by atoms with van der Waals surface area (Å²) in [6.45, 7) is 4.45. The van der Waals surface area contributed by atoms with Gasteiger partial charge in [0.15, 0.2) is 0 Å². The van der Waals surface area contributed by atoms with Crippen LogP contribution in [0.2, 0.25) is 0 Å². The molecule has 0 atom stereocenters. The van der Waals surface area contributed by atoms with Crippen LogP contribution in [-0.2, 0) is 0 Å². The van der Waals surface area contributed by atoms with Crippen LogP contribution in [0.15, 0.2) is 9.21 Å². The van der Waals surface area contributed by atoms with E-state index in [0.29, 0.717) is 16.9 Å². The van der Waals surface area contributed by atoms with E-state index >= 15 is 0 Å². The van der Waals surface area contributed by atoms with Gasteiger partial charge in [0.2, 0.25) is 0 Å².